The number of benzene rings is 2. The molecule has 0 heterocycles. The van der Waals surface area contributed by atoms with Crippen molar-refractivity contribution in [3.05, 3.63) is 64.1 Å². The molecular formula is C18H21BrN2O2. The smallest absolute Gasteiger partial charge is 0.252 e. The number of ether oxygens (including phenoxy) is 1. The van der Waals surface area contributed by atoms with E-state index < -0.39 is 0 Å². The molecule has 0 aliphatic rings. The lowest BCUT2D eigenvalue weighted by Crippen LogP contribution is -2.34. The number of hydrogen-bond donors (Lipinski definition) is 1. The second kappa shape index (κ2) is 8.13. The van der Waals surface area contributed by atoms with Crippen LogP contribution in [0.25, 0.3) is 0 Å². The highest BCUT2D eigenvalue weighted by Crippen LogP contribution is 2.22. The Morgan fingerprint density at radius 3 is 2.61 bits per heavy atom. The van der Waals surface area contributed by atoms with Gasteiger partial charge in [0.15, 0.2) is 0 Å². The van der Waals surface area contributed by atoms with Crippen molar-refractivity contribution >= 4 is 21.8 Å². The highest BCUT2D eigenvalue weighted by molar-refractivity contribution is 9.10. The van der Waals surface area contributed by atoms with E-state index in [4.69, 9.17) is 4.74 Å². The quantitative estimate of drug-likeness (QED) is 0.838. The largest absolute Gasteiger partial charge is 0.497 e. The van der Waals surface area contributed by atoms with Gasteiger partial charge in [0, 0.05) is 11.0 Å². The summed E-state index contributed by atoms with van der Waals surface area (Å²) in [6.45, 7) is 0.514. The lowest BCUT2D eigenvalue weighted by molar-refractivity contribution is 0.0941. The maximum Gasteiger partial charge on any atom is 0.252 e. The first-order chi connectivity index (χ1) is 11.0. The number of nitrogens with one attached hydrogen (secondary N) is 1. The van der Waals surface area contributed by atoms with E-state index >= 15 is 0 Å². The van der Waals surface area contributed by atoms with Gasteiger partial charge in [-0.3, -0.25) is 4.79 Å². The molecule has 0 saturated carbocycles. The monoisotopic (exact) mass is 376 g/mol. The van der Waals surface area contributed by atoms with Crippen molar-refractivity contribution in [3.63, 3.8) is 0 Å². The number of amides is 1. The molecular weight excluding hydrogens is 356 g/mol. The Labute approximate surface area is 145 Å². The number of rotatable bonds is 6. The minimum atomic E-state index is -0.0905. The maximum atomic E-state index is 12.4. The molecule has 0 bridgehead atoms. The summed E-state index contributed by atoms with van der Waals surface area (Å²) in [5.41, 5.74) is 1.73. The summed E-state index contributed by atoms with van der Waals surface area (Å²) in [5.74, 6) is 0.721. The zero-order valence-electron chi connectivity index (χ0n) is 13.5. The lowest BCUT2D eigenvalue weighted by atomic mass is 10.1. The lowest BCUT2D eigenvalue weighted by Gasteiger charge is -2.25. The van der Waals surface area contributed by atoms with Crippen molar-refractivity contribution in [1.29, 1.82) is 0 Å². The van der Waals surface area contributed by atoms with Crippen LogP contribution in [0.3, 0.4) is 0 Å². The predicted octanol–water partition coefficient (Wildman–Crippen LogP) is 3.49. The molecule has 0 aliphatic heterocycles. The molecule has 2 aromatic carbocycles. The standard InChI is InChI=1S/C18H21BrN2O2/c1-21(2)17(13-7-6-8-14(11-13)23-3)12-20-18(22)15-9-4-5-10-16(15)19/h4-11,17H,12H2,1-3H3,(H,20,22). The third-order valence-electron chi connectivity index (χ3n) is 3.68. The number of likely N-dealkylation sites (N-methyl/N-ethyl adjacent to an activating group) is 1. The van der Waals surface area contributed by atoms with Crippen LogP contribution in [-0.4, -0.2) is 38.6 Å². The molecule has 23 heavy (non-hydrogen) atoms. The molecule has 4 nitrogen and oxygen atoms in total. The Kier molecular flexibility index (Phi) is 6.19. The molecule has 0 radical (unpaired) electrons. The second-order valence-electron chi connectivity index (χ2n) is 5.45. The second-order valence-corrected chi connectivity index (χ2v) is 6.30. The minimum absolute atomic E-state index is 0.0662. The van der Waals surface area contributed by atoms with Crippen LogP contribution in [0.5, 0.6) is 5.75 Å². The highest BCUT2D eigenvalue weighted by atomic mass is 79.9. The summed E-state index contributed by atoms with van der Waals surface area (Å²) in [6.07, 6.45) is 0. The van der Waals surface area contributed by atoms with Crippen LogP contribution in [-0.2, 0) is 0 Å². The number of carbonyl (C=O) groups excluding carboxylic acids is 1. The van der Waals surface area contributed by atoms with Crippen LogP contribution in [0.1, 0.15) is 22.0 Å². The topological polar surface area (TPSA) is 41.6 Å². The number of methoxy groups -OCH3 is 1. The summed E-state index contributed by atoms with van der Waals surface area (Å²) in [4.78, 5) is 14.4. The Morgan fingerprint density at radius 2 is 1.96 bits per heavy atom. The van der Waals surface area contributed by atoms with Gasteiger partial charge in [-0.2, -0.15) is 0 Å². The summed E-state index contributed by atoms with van der Waals surface area (Å²) in [5, 5.41) is 3.01. The average Bonchev–Trinajstić information content (AvgIpc) is 2.55. The molecule has 1 N–H and O–H groups in total. The van der Waals surface area contributed by atoms with Crippen LogP contribution in [0.15, 0.2) is 53.0 Å². The molecule has 1 atom stereocenters. The summed E-state index contributed by atoms with van der Waals surface area (Å²) >= 11 is 3.41. The molecule has 0 spiro atoms. The first-order valence-corrected chi connectivity index (χ1v) is 8.15. The van der Waals surface area contributed by atoms with E-state index in [1.54, 1.807) is 13.2 Å². The van der Waals surface area contributed by atoms with E-state index in [2.05, 4.69) is 26.1 Å². The van der Waals surface area contributed by atoms with Crippen LogP contribution in [0, 0.1) is 0 Å². The average molecular weight is 377 g/mol. The van der Waals surface area contributed by atoms with E-state index in [0.717, 1.165) is 15.8 Å². The molecule has 0 aliphatic carbocycles. The van der Waals surface area contributed by atoms with Gasteiger partial charge in [-0.1, -0.05) is 24.3 Å². The van der Waals surface area contributed by atoms with Gasteiger partial charge in [0.1, 0.15) is 5.75 Å². The van der Waals surface area contributed by atoms with E-state index in [-0.39, 0.29) is 11.9 Å². The normalized spacial score (nSPS) is 12.0. The fraction of sp³-hybridized carbons (Fsp3) is 0.278. The van der Waals surface area contributed by atoms with E-state index in [1.807, 2.05) is 56.6 Å². The Morgan fingerprint density at radius 1 is 1.22 bits per heavy atom. The Balaban J connectivity index is 2.11. The van der Waals surface area contributed by atoms with Gasteiger partial charge in [-0.15, -0.1) is 0 Å². The van der Waals surface area contributed by atoms with Gasteiger partial charge in [-0.25, -0.2) is 0 Å². The maximum absolute atomic E-state index is 12.4. The van der Waals surface area contributed by atoms with Crippen LogP contribution >= 0.6 is 15.9 Å². The van der Waals surface area contributed by atoms with Crippen LogP contribution in [0.4, 0.5) is 0 Å². The Hall–Kier alpha value is -1.85. The molecule has 0 fully saturated rings. The fourth-order valence-corrected chi connectivity index (χ4v) is 2.84. The van der Waals surface area contributed by atoms with Gasteiger partial charge in [0.25, 0.3) is 5.91 Å². The first kappa shape index (κ1) is 17.5. The third kappa shape index (κ3) is 4.56. The minimum Gasteiger partial charge on any atom is -0.497 e. The van der Waals surface area contributed by atoms with Crippen molar-refractivity contribution in [2.45, 2.75) is 6.04 Å². The van der Waals surface area contributed by atoms with Crippen molar-refractivity contribution in [1.82, 2.24) is 10.2 Å². The van der Waals surface area contributed by atoms with E-state index in [0.29, 0.717) is 12.1 Å². The van der Waals surface area contributed by atoms with E-state index in [1.165, 1.54) is 0 Å². The number of halogens is 1. The van der Waals surface area contributed by atoms with Gasteiger partial charge in [-0.05, 0) is 59.9 Å². The summed E-state index contributed by atoms with van der Waals surface area (Å²) in [7, 11) is 5.64. The molecule has 2 rings (SSSR count). The van der Waals surface area contributed by atoms with Gasteiger partial charge in [0.2, 0.25) is 0 Å². The third-order valence-corrected chi connectivity index (χ3v) is 4.37. The molecule has 0 aromatic heterocycles. The van der Waals surface area contributed by atoms with Crippen LogP contribution in [0.2, 0.25) is 0 Å². The highest BCUT2D eigenvalue weighted by Gasteiger charge is 2.17. The van der Waals surface area contributed by atoms with Gasteiger partial charge < -0.3 is 15.0 Å². The van der Waals surface area contributed by atoms with Crippen molar-refractivity contribution in [2.24, 2.45) is 0 Å². The fourth-order valence-electron chi connectivity index (χ4n) is 2.38. The number of nitrogens with zero attached hydrogens (tertiary/aromatic N) is 1. The summed E-state index contributed by atoms with van der Waals surface area (Å²) < 4.78 is 6.08. The van der Waals surface area contributed by atoms with Crippen LogP contribution < -0.4 is 10.1 Å². The molecule has 5 heteroatoms. The van der Waals surface area contributed by atoms with Crippen molar-refractivity contribution in [3.8, 4) is 5.75 Å². The van der Waals surface area contributed by atoms with Crippen molar-refractivity contribution < 1.29 is 9.53 Å². The molecule has 0 saturated heterocycles. The molecule has 2 aromatic rings. The predicted molar refractivity (Wildman–Crippen MR) is 95.9 cm³/mol. The number of carbonyl (C=O) groups is 1. The van der Waals surface area contributed by atoms with Gasteiger partial charge in [0.05, 0.1) is 18.7 Å². The first-order valence-electron chi connectivity index (χ1n) is 7.36. The zero-order valence-corrected chi connectivity index (χ0v) is 15.1. The molecule has 1 amide bonds. The summed E-state index contributed by atoms with van der Waals surface area (Å²) in [6, 6.07) is 15.4. The van der Waals surface area contributed by atoms with E-state index in [9.17, 15) is 4.79 Å². The van der Waals surface area contributed by atoms with Gasteiger partial charge >= 0.3 is 0 Å². The zero-order chi connectivity index (χ0) is 16.8. The number of hydrogen-bond acceptors (Lipinski definition) is 3. The Bertz CT molecular complexity index is 674. The SMILES string of the molecule is COc1cccc(C(CNC(=O)c2ccccc2Br)N(C)C)c1. The molecule has 1 unspecified atom stereocenters. The van der Waals surface area contributed by atoms with Crippen molar-refractivity contribution in [2.75, 3.05) is 27.7 Å². The molecule has 122 valence electrons.